The normalized spacial score (nSPS) is 16.4. The topological polar surface area (TPSA) is 113 Å². The number of benzene rings is 1. The predicted octanol–water partition coefficient (Wildman–Crippen LogP) is -0.844. The van der Waals surface area contributed by atoms with E-state index in [1.54, 1.807) is 11.5 Å². The molecule has 0 fully saturated rings. The number of hydrogen-bond acceptors (Lipinski definition) is 5. The minimum atomic E-state index is -3.86. The van der Waals surface area contributed by atoms with E-state index in [0.717, 1.165) is 0 Å². The molecule has 0 aliphatic carbocycles. The summed E-state index contributed by atoms with van der Waals surface area (Å²) in [7, 11) is -2.69. The van der Waals surface area contributed by atoms with Gasteiger partial charge in [0.05, 0.1) is 4.90 Å². The number of amides is 1. The maximum atomic E-state index is 12.1. The Morgan fingerprint density at radius 2 is 1.95 bits per heavy atom. The third-order valence-corrected chi connectivity index (χ3v) is 4.48. The van der Waals surface area contributed by atoms with Gasteiger partial charge in [0.15, 0.2) is 11.5 Å². The van der Waals surface area contributed by atoms with Gasteiger partial charge >= 0.3 is 0 Å². The monoisotopic (exact) mass is 308 g/mol. The summed E-state index contributed by atoms with van der Waals surface area (Å²) in [5.74, 6) is 3.66. The molecule has 0 bridgehead atoms. The first-order chi connectivity index (χ1) is 8.41. The van der Waals surface area contributed by atoms with Crippen LogP contribution in [-0.2, 0) is 14.8 Å². The number of likely N-dealkylation sites (N-methyl/N-ethyl adjacent to an activating group) is 1. The van der Waals surface area contributed by atoms with E-state index in [2.05, 4.69) is 0 Å². The molecule has 0 atom stereocenters. The molecular weight excluding hydrogens is 297 g/mol. The Labute approximate surface area is 152 Å². The first kappa shape index (κ1) is 16.6. The van der Waals surface area contributed by atoms with Crippen LogP contribution >= 0.6 is 0 Å². The Balaban J connectivity index is 0.00000180. The van der Waals surface area contributed by atoms with Crippen molar-refractivity contribution in [1.29, 1.82) is 0 Å². The molecule has 4 N–H and O–H groups in total. The quantitative estimate of drug-likeness (QED) is 0.271. The second-order valence-corrected chi connectivity index (χ2v) is 5.58. The summed E-state index contributed by atoms with van der Waals surface area (Å²) in [6.07, 6.45) is 0. The molecule has 0 spiro atoms. The largest absolute Gasteiger partial charge is 0.505 e. The Hall–Kier alpha value is -0.424. The van der Waals surface area contributed by atoms with E-state index >= 15 is 0 Å². The number of nitrogens with one attached hydrogen (secondary N) is 1. The van der Waals surface area contributed by atoms with E-state index in [9.17, 15) is 18.3 Å². The molecule has 19 heavy (non-hydrogen) atoms. The average Bonchev–Trinajstić information content (AvgIpc) is 2.37. The summed E-state index contributed by atoms with van der Waals surface area (Å²) in [6, 6.07) is 5.87. The summed E-state index contributed by atoms with van der Waals surface area (Å²) in [6.45, 7) is 0. The number of hydrogen-bond donors (Lipinski definition) is 3. The molecule has 2 rings (SSSR count). The van der Waals surface area contributed by atoms with Crippen molar-refractivity contribution in [3.63, 3.8) is 0 Å². The molecule has 1 aromatic rings. The standard InChI is InChI=1S/C10H11N3O4S.K/c1-13-8(10(15)12-11)9(14)6-4-2-3-5-7(6)18(13,16)17;/h2-5,14H,11H2,1H3,(H,12,15);. The van der Waals surface area contributed by atoms with Crippen molar-refractivity contribution in [1.82, 2.24) is 9.73 Å². The summed E-state index contributed by atoms with van der Waals surface area (Å²) in [5.41, 5.74) is 1.47. The van der Waals surface area contributed by atoms with E-state index < -0.39 is 27.4 Å². The Kier molecular flexibility index (Phi) is 5.18. The van der Waals surface area contributed by atoms with Crippen LogP contribution in [0, 0.1) is 0 Å². The van der Waals surface area contributed by atoms with E-state index in [0.29, 0.717) is 4.31 Å². The third-order valence-electron chi connectivity index (χ3n) is 2.67. The number of aliphatic hydroxyl groups is 1. The van der Waals surface area contributed by atoms with Crippen LogP contribution in [0.2, 0.25) is 0 Å². The van der Waals surface area contributed by atoms with Crippen LogP contribution in [-0.4, -0.2) is 82.2 Å². The van der Waals surface area contributed by atoms with Crippen molar-refractivity contribution in [3.05, 3.63) is 35.5 Å². The number of fused-ring (bicyclic) bond motifs is 1. The van der Waals surface area contributed by atoms with Crippen molar-refractivity contribution < 1.29 is 18.3 Å². The fourth-order valence-electron chi connectivity index (χ4n) is 1.75. The number of aliphatic hydroxyl groups excluding tert-OH is 1. The van der Waals surface area contributed by atoms with Gasteiger partial charge in [0, 0.05) is 64.0 Å². The minimum absolute atomic E-state index is 0. The number of nitrogens with two attached hydrogens (primary N) is 1. The van der Waals surface area contributed by atoms with Crippen LogP contribution in [0.4, 0.5) is 0 Å². The Morgan fingerprint density at radius 3 is 2.53 bits per heavy atom. The first-order valence-corrected chi connectivity index (χ1v) is 6.37. The zero-order valence-corrected chi connectivity index (χ0v) is 14.4. The van der Waals surface area contributed by atoms with Gasteiger partial charge < -0.3 is 5.11 Å². The minimum Gasteiger partial charge on any atom is -0.505 e. The van der Waals surface area contributed by atoms with Crippen LogP contribution in [0.1, 0.15) is 5.56 Å². The molecular formula is C10H11KN3O4S. The smallest absolute Gasteiger partial charge is 0.286 e. The number of carbonyl (C=O) groups is 1. The van der Waals surface area contributed by atoms with Crippen LogP contribution in [0.3, 0.4) is 0 Å². The number of hydrazine groups is 1. The maximum Gasteiger partial charge on any atom is 0.286 e. The van der Waals surface area contributed by atoms with Crippen molar-refractivity contribution >= 4 is 73.1 Å². The van der Waals surface area contributed by atoms with Crippen molar-refractivity contribution in [2.24, 2.45) is 5.84 Å². The van der Waals surface area contributed by atoms with Crippen molar-refractivity contribution in [2.45, 2.75) is 4.90 Å². The van der Waals surface area contributed by atoms with Gasteiger partial charge in [0.2, 0.25) is 0 Å². The first-order valence-electron chi connectivity index (χ1n) is 4.93. The van der Waals surface area contributed by atoms with Gasteiger partial charge in [0.1, 0.15) is 0 Å². The van der Waals surface area contributed by atoms with Crippen LogP contribution in [0.5, 0.6) is 0 Å². The fraction of sp³-hybridized carbons (Fsp3) is 0.100. The molecule has 0 unspecified atom stereocenters. The van der Waals surface area contributed by atoms with E-state index in [4.69, 9.17) is 5.84 Å². The van der Waals surface area contributed by atoms with E-state index in [1.807, 2.05) is 0 Å². The second kappa shape index (κ2) is 5.91. The summed E-state index contributed by atoms with van der Waals surface area (Å²) < 4.78 is 25.0. The molecule has 1 radical (unpaired) electrons. The zero-order chi connectivity index (χ0) is 13.5. The molecule has 9 heteroatoms. The molecule has 7 nitrogen and oxygen atoms in total. The molecule has 0 saturated heterocycles. The number of carbonyl (C=O) groups excluding carboxylic acids is 1. The predicted molar refractivity (Wildman–Crippen MR) is 69.0 cm³/mol. The van der Waals surface area contributed by atoms with Gasteiger partial charge in [-0.2, -0.15) is 0 Å². The van der Waals surface area contributed by atoms with Crippen LogP contribution in [0.25, 0.3) is 5.76 Å². The van der Waals surface area contributed by atoms with E-state index in [-0.39, 0.29) is 61.8 Å². The SMILES string of the molecule is CN1C(C(=O)NN)=C(O)c2ccccc2S1(=O)=O.[K]. The molecule has 1 amide bonds. The molecule has 97 valence electrons. The Bertz CT molecular complexity index is 656. The van der Waals surface area contributed by atoms with Crippen LogP contribution in [0.15, 0.2) is 34.9 Å². The van der Waals surface area contributed by atoms with Crippen molar-refractivity contribution in [2.75, 3.05) is 7.05 Å². The van der Waals surface area contributed by atoms with Gasteiger partial charge in [-0.25, -0.2) is 14.3 Å². The molecule has 1 aliphatic heterocycles. The molecule has 1 aliphatic rings. The summed E-state index contributed by atoms with van der Waals surface area (Å²) >= 11 is 0. The van der Waals surface area contributed by atoms with Gasteiger partial charge in [-0.3, -0.25) is 14.5 Å². The van der Waals surface area contributed by atoms with Gasteiger partial charge in [-0.05, 0) is 12.1 Å². The molecule has 1 heterocycles. The second-order valence-electron chi connectivity index (χ2n) is 3.64. The Morgan fingerprint density at radius 1 is 1.37 bits per heavy atom. The van der Waals surface area contributed by atoms with Gasteiger partial charge in [0.25, 0.3) is 15.9 Å². The number of rotatable bonds is 1. The van der Waals surface area contributed by atoms with Crippen LogP contribution < -0.4 is 11.3 Å². The third kappa shape index (κ3) is 2.59. The summed E-state index contributed by atoms with van der Waals surface area (Å²) in [4.78, 5) is 11.5. The number of nitrogens with zero attached hydrogens (tertiary/aromatic N) is 1. The molecule has 1 aromatic carbocycles. The zero-order valence-electron chi connectivity index (χ0n) is 10.4. The summed E-state index contributed by atoms with van der Waals surface area (Å²) in [5, 5.41) is 9.98. The van der Waals surface area contributed by atoms with Crippen molar-refractivity contribution in [3.8, 4) is 0 Å². The maximum absolute atomic E-state index is 12.1. The van der Waals surface area contributed by atoms with E-state index in [1.165, 1.54) is 25.2 Å². The molecule has 0 saturated carbocycles. The fourth-order valence-corrected chi connectivity index (χ4v) is 3.15. The average molecular weight is 308 g/mol. The van der Waals surface area contributed by atoms with Gasteiger partial charge in [-0.15, -0.1) is 0 Å². The van der Waals surface area contributed by atoms with Gasteiger partial charge in [-0.1, -0.05) is 12.1 Å². The molecule has 0 aromatic heterocycles. The number of sulfonamides is 1.